The molecule has 0 fully saturated rings. The van der Waals surface area contributed by atoms with Crippen LogP contribution < -0.4 is 0 Å². The lowest BCUT2D eigenvalue weighted by molar-refractivity contribution is 0.302. The van der Waals surface area contributed by atoms with Crippen molar-refractivity contribution in [1.29, 1.82) is 0 Å². The third-order valence-corrected chi connectivity index (χ3v) is 2.71. The average Bonchev–Trinajstić information content (AvgIpc) is 2.57. The van der Waals surface area contributed by atoms with Crippen LogP contribution in [0.4, 0.5) is 0 Å². The summed E-state index contributed by atoms with van der Waals surface area (Å²) >= 11 is 1.71. The van der Waals surface area contributed by atoms with E-state index < -0.39 is 0 Å². The van der Waals surface area contributed by atoms with Crippen molar-refractivity contribution < 1.29 is 0 Å². The number of hydrogen-bond acceptors (Lipinski definition) is 1. The van der Waals surface area contributed by atoms with Crippen LogP contribution in [0.25, 0.3) is 0 Å². The first-order valence-electron chi connectivity index (χ1n) is 5.43. The topological polar surface area (TPSA) is 0 Å². The zero-order valence-electron chi connectivity index (χ0n) is 10.2. The Balaban J connectivity index is 0.000000280. The van der Waals surface area contributed by atoms with E-state index in [1.807, 2.05) is 22.9 Å². The van der Waals surface area contributed by atoms with Gasteiger partial charge in [-0.3, -0.25) is 0 Å². The molecule has 1 heteroatoms. The Hall–Kier alpha value is -0.300. The maximum absolute atomic E-state index is 2.32. The molecule has 0 aromatic carbocycles. The van der Waals surface area contributed by atoms with Crippen molar-refractivity contribution >= 4 is 11.3 Å². The highest BCUT2D eigenvalue weighted by atomic mass is 32.1. The second-order valence-corrected chi connectivity index (χ2v) is 5.89. The van der Waals surface area contributed by atoms with E-state index in [9.17, 15) is 0 Å². The average molecular weight is 212 g/mol. The third kappa shape index (κ3) is 9.79. The first kappa shape index (κ1) is 13.7. The zero-order chi connectivity index (χ0) is 11.0. The van der Waals surface area contributed by atoms with Gasteiger partial charge in [0, 0.05) is 0 Å². The molecular formula is C13H24S. The summed E-state index contributed by atoms with van der Waals surface area (Å²) in [6.07, 6.45) is 2.67. The summed E-state index contributed by atoms with van der Waals surface area (Å²) in [5.41, 5.74) is 0.523. The van der Waals surface area contributed by atoms with Gasteiger partial charge in [-0.25, -0.2) is 0 Å². The van der Waals surface area contributed by atoms with Gasteiger partial charge in [0.15, 0.2) is 0 Å². The molecule has 0 saturated heterocycles. The van der Waals surface area contributed by atoms with Crippen LogP contribution in [0.2, 0.25) is 0 Å². The van der Waals surface area contributed by atoms with E-state index >= 15 is 0 Å². The molecule has 0 spiro atoms. The van der Waals surface area contributed by atoms with Gasteiger partial charge in [0.05, 0.1) is 0 Å². The second kappa shape index (κ2) is 7.05. The molecule has 14 heavy (non-hydrogen) atoms. The Morgan fingerprint density at radius 3 is 1.79 bits per heavy atom. The highest BCUT2D eigenvalue weighted by molar-refractivity contribution is 7.07. The number of hydrogen-bond donors (Lipinski definition) is 0. The molecule has 0 nitrogen and oxygen atoms in total. The molecule has 0 N–H and O–H groups in total. The summed E-state index contributed by atoms with van der Waals surface area (Å²) in [6.45, 7) is 11.5. The summed E-state index contributed by atoms with van der Waals surface area (Å²) in [5, 5.41) is 4.08. The lowest BCUT2D eigenvalue weighted by Crippen LogP contribution is -2.09. The van der Waals surface area contributed by atoms with Crippen LogP contribution in [-0.2, 0) is 0 Å². The minimum absolute atomic E-state index is 0.523. The fraction of sp³-hybridized carbons (Fsp3) is 0.692. The van der Waals surface area contributed by atoms with Gasteiger partial charge in [-0.05, 0) is 28.5 Å². The number of rotatable bonds is 2. The van der Waals surface area contributed by atoms with Gasteiger partial charge in [0.2, 0.25) is 0 Å². The minimum atomic E-state index is 0.523. The van der Waals surface area contributed by atoms with E-state index in [2.05, 4.69) is 34.6 Å². The Labute approximate surface area is 93.4 Å². The van der Waals surface area contributed by atoms with Crippen LogP contribution in [0.5, 0.6) is 0 Å². The molecule has 82 valence electrons. The van der Waals surface area contributed by atoms with Crippen LogP contribution in [-0.4, -0.2) is 0 Å². The zero-order valence-corrected chi connectivity index (χ0v) is 11.0. The molecule has 1 heterocycles. The highest BCUT2D eigenvalue weighted by Crippen LogP contribution is 2.25. The summed E-state index contributed by atoms with van der Waals surface area (Å²) in [5.74, 6) is 0.894. The molecule has 0 aliphatic carbocycles. The van der Waals surface area contributed by atoms with Crippen molar-refractivity contribution in [2.75, 3.05) is 0 Å². The molecule has 0 saturated carbocycles. The van der Waals surface area contributed by atoms with E-state index in [-0.39, 0.29) is 0 Å². The van der Waals surface area contributed by atoms with Crippen LogP contribution in [0.1, 0.15) is 47.5 Å². The molecule has 0 aliphatic rings. The van der Waals surface area contributed by atoms with Crippen molar-refractivity contribution in [2.24, 2.45) is 11.3 Å². The van der Waals surface area contributed by atoms with Crippen LogP contribution in [0, 0.1) is 11.3 Å². The van der Waals surface area contributed by atoms with Gasteiger partial charge >= 0.3 is 0 Å². The Morgan fingerprint density at radius 1 is 1.14 bits per heavy atom. The molecule has 1 rings (SSSR count). The summed E-state index contributed by atoms with van der Waals surface area (Å²) in [6, 6.07) is 4.04. The predicted molar refractivity (Wildman–Crippen MR) is 67.8 cm³/mol. The quantitative estimate of drug-likeness (QED) is 0.630. The van der Waals surface area contributed by atoms with Crippen molar-refractivity contribution in [2.45, 2.75) is 47.5 Å². The molecular weight excluding hydrogens is 188 g/mol. The summed E-state index contributed by atoms with van der Waals surface area (Å²) < 4.78 is 0. The maximum atomic E-state index is 2.32. The lowest BCUT2D eigenvalue weighted by atomic mass is 9.84. The van der Waals surface area contributed by atoms with Gasteiger partial charge in [-0.2, -0.15) is 11.3 Å². The van der Waals surface area contributed by atoms with Gasteiger partial charge in [0.1, 0.15) is 0 Å². The molecule has 1 unspecified atom stereocenters. The van der Waals surface area contributed by atoms with E-state index in [1.165, 1.54) is 12.8 Å². The van der Waals surface area contributed by atoms with Gasteiger partial charge in [-0.1, -0.05) is 53.2 Å². The SMILES string of the molecule is CCC(C)CC(C)(C)C.c1ccsc1. The monoisotopic (exact) mass is 212 g/mol. The summed E-state index contributed by atoms with van der Waals surface area (Å²) in [4.78, 5) is 0. The van der Waals surface area contributed by atoms with Crippen molar-refractivity contribution in [3.8, 4) is 0 Å². The standard InChI is InChI=1S/C9H20.C4H4S/c1-6-8(2)7-9(3,4)5;1-2-4-5-3-1/h8H,6-7H2,1-5H3;1-4H. The third-order valence-electron chi connectivity index (χ3n) is 2.08. The second-order valence-electron chi connectivity index (χ2n) is 5.07. The van der Waals surface area contributed by atoms with E-state index in [4.69, 9.17) is 0 Å². The molecule has 0 aliphatic heterocycles. The van der Waals surface area contributed by atoms with Gasteiger partial charge in [0.25, 0.3) is 0 Å². The minimum Gasteiger partial charge on any atom is -0.152 e. The maximum Gasteiger partial charge on any atom is -0.00934 e. The van der Waals surface area contributed by atoms with E-state index in [0.717, 1.165) is 5.92 Å². The van der Waals surface area contributed by atoms with Crippen LogP contribution >= 0.6 is 11.3 Å². The van der Waals surface area contributed by atoms with Gasteiger partial charge in [-0.15, -0.1) is 0 Å². The smallest absolute Gasteiger partial charge is 0.00934 e. The first-order valence-corrected chi connectivity index (χ1v) is 6.37. The Morgan fingerprint density at radius 2 is 1.64 bits per heavy atom. The molecule has 0 amide bonds. The fourth-order valence-corrected chi connectivity index (χ4v) is 1.87. The van der Waals surface area contributed by atoms with Crippen LogP contribution in [0.3, 0.4) is 0 Å². The van der Waals surface area contributed by atoms with E-state index in [0.29, 0.717) is 5.41 Å². The molecule has 1 aromatic rings. The van der Waals surface area contributed by atoms with Crippen molar-refractivity contribution in [1.82, 2.24) is 0 Å². The molecule has 0 bridgehead atoms. The lowest BCUT2D eigenvalue weighted by Gasteiger charge is -2.21. The molecule has 0 radical (unpaired) electrons. The Bertz CT molecular complexity index is 176. The van der Waals surface area contributed by atoms with Crippen LogP contribution in [0.15, 0.2) is 22.9 Å². The normalized spacial score (nSPS) is 12.9. The number of thiophene rings is 1. The largest absolute Gasteiger partial charge is 0.152 e. The Kier molecular flexibility index (Phi) is 6.90. The molecule has 1 aromatic heterocycles. The molecule has 1 atom stereocenters. The predicted octanol–water partition coefficient (Wildman–Crippen LogP) is 5.22. The van der Waals surface area contributed by atoms with Crippen molar-refractivity contribution in [3.05, 3.63) is 22.9 Å². The summed E-state index contributed by atoms with van der Waals surface area (Å²) in [7, 11) is 0. The fourth-order valence-electron chi connectivity index (χ4n) is 1.42. The van der Waals surface area contributed by atoms with Crippen molar-refractivity contribution in [3.63, 3.8) is 0 Å². The first-order chi connectivity index (χ1) is 6.45. The van der Waals surface area contributed by atoms with Gasteiger partial charge < -0.3 is 0 Å². The van der Waals surface area contributed by atoms with E-state index in [1.54, 1.807) is 11.3 Å². The highest BCUT2D eigenvalue weighted by Gasteiger charge is 2.13.